The number of carbonyl (C=O) groups excluding carboxylic acids is 1. The number of amides is 1. The minimum absolute atomic E-state index is 0.00560. The van der Waals surface area contributed by atoms with E-state index in [0.717, 1.165) is 0 Å². The second-order valence-electron chi connectivity index (χ2n) is 2.25. The van der Waals surface area contributed by atoms with Gasteiger partial charge in [0.25, 0.3) is 0 Å². The van der Waals surface area contributed by atoms with Crippen molar-refractivity contribution in [3.63, 3.8) is 0 Å². The smallest absolute Gasteiger partial charge is 0.394 e. The Hall–Kier alpha value is -1.63. The van der Waals surface area contributed by atoms with Gasteiger partial charge in [-0.05, 0) is 13.0 Å². The molecule has 13 heavy (non-hydrogen) atoms. The molecule has 0 fully saturated rings. The van der Waals surface area contributed by atoms with Crippen molar-refractivity contribution in [1.29, 1.82) is 0 Å². The van der Waals surface area contributed by atoms with Gasteiger partial charge in [-0.15, -0.1) is 0 Å². The monoisotopic (exact) mass is 190 g/mol. The average Bonchev–Trinajstić information content (AvgIpc) is 2.03. The van der Waals surface area contributed by atoms with Gasteiger partial charge in [0.05, 0.1) is 0 Å². The number of aliphatic carboxylic acids is 2. The van der Waals surface area contributed by atoms with E-state index < -0.39 is 23.9 Å². The molecule has 0 aromatic heterocycles. The number of hydrogen-bond acceptors (Lipinski definition) is 4. The molecule has 0 aliphatic rings. The van der Waals surface area contributed by atoms with Crippen LogP contribution < -0.4 is 11.1 Å². The van der Waals surface area contributed by atoms with E-state index in [-0.39, 0.29) is 13.0 Å². The van der Waals surface area contributed by atoms with Crippen LogP contribution in [0.2, 0.25) is 0 Å². The molecule has 0 aliphatic heterocycles. The van der Waals surface area contributed by atoms with Crippen LogP contribution in [-0.4, -0.2) is 40.6 Å². The molecule has 0 saturated heterocycles. The molecule has 0 heterocycles. The van der Waals surface area contributed by atoms with Gasteiger partial charge in [-0.1, -0.05) is 0 Å². The summed E-state index contributed by atoms with van der Waals surface area (Å²) >= 11 is 0. The summed E-state index contributed by atoms with van der Waals surface area (Å²) < 4.78 is 0. The van der Waals surface area contributed by atoms with Gasteiger partial charge < -0.3 is 21.3 Å². The first-order valence-electron chi connectivity index (χ1n) is 3.45. The molecule has 0 unspecified atom stereocenters. The lowest BCUT2D eigenvalue weighted by molar-refractivity contribution is -0.152. The zero-order chi connectivity index (χ0) is 10.4. The van der Waals surface area contributed by atoms with Gasteiger partial charge in [0, 0.05) is 0 Å². The van der Waals surface area contributed by atoms with Gasteiger partial charge in [0.2, 0.25) is 0 Å². The molecule has 7 nitrogen and oxygen atoms in total. The zero-order valence-electron chi connectivity index (χ0n) is 6.69. The van der Waals surface area contributed by atoms with E-state index in [1.54, 1.807) is 5.32 Å². The summed E-state index contributed by atoms with van der Waals surface area (Å²) in [5.74, 6) is -4.37. The van der Waals surface area contributed by atoms with Gasteiger partial charge in [-0.25, -0.2) is 9.59 Å². The number of hydrogen-bond donors (Lipinski definition) is 4. The van der Waals surface area contributed by atoms with E-state index in [2.05, 4.69) is 0 Å². The van der Waals surface area contributed by atoms with E-state index in [9.17, 15) is 14.4 Å². The third-order valence-corrected chi connectivity index (χ3v) is 1.25. The first kappa shape index (κ1) is 11.4. The van der Waals surface area contributed by atoms with Crippen molar-refractivity contribution in [1.82, 2.24) is 5.32 Å². The number of carboxylic acid groups (broad SMARTS) is 2. The van der Waals surface area contributed by atoms with Gasteiger partial charge >= 0.3 is 17.8 Å². The Kier molecular flexibility index (Phi) is 4.45. The quantitative estimate of drug-likeness (QED) is 0.379. The maximum absolute atomic E-state index is 10.5. The Morgan fingerprint density at radius 3 is 2.15 bits per heavy atom. The van der Waals surface area contributed by atoms with Gasteiger partial charge in [0.15, 0.2) is 0 Å². The van der Waals surface area contributed by atoms with Crippen molar-refractivity contribution >= 4 is 17.8 Å². The molecule has 1 amide bonds. The van der Waals surface area contributed by atoms with Gasteiger partial charge in [0.1, 0.15) is 6.04 Å². The minimum Gasteiger partial charge on any atom is -0.480 e. The standard InChI is InChI=1S/C6H10N2O5/c7-2-1-3(5(10)11)8-4(9)6(12)13/h3H,1-2,7H2,(H,8,9)(H,10,11)(H,12,13)/t3-/m1/s1. The first-order chi connectivity index (χ1) is 5.99. The van der Waals surface area contributed by atoms with Crippen LogP contribution in [0, 0.1) is 0 Å². The Morgan fingerprint density at radius 2 is 1.85 bits per heavy atom. The summed E-state index contributed by atoms with van der Waals surface area (Å²) in [5.41, 5.74) is 5.06. The number of nitrogens with two attached hydrogens (primary N) is 1. The highest BCUT2D eigenvalue weighted by molar-refractivity contribution is 6.31. The number of carboxylic acids is 2. The predicted octanol–water partition coefficient (Wildman–Crippen LogP) is -2.01. The van der Waals surface area contributed by atoms with Crippen molar-refractivity contribution in [2.24, 2.45) is 5.73 Å². The fourth-order valence-corrected chi connectivity index (χ4v) is 0.644. The number of rotatable bonds is 4. The van der Waals surface area contributed by atoms with Crippen LogP contribution in [-0.2, 0) is 14.4 Å². The predicted molar refractivity (Wildman–Crippen MR) is 40.9 cm³/mol. The molecule has 0 radical (unpaired) electrons. The third kappa shape index (κ3) is 4.06. The Labute approximate surface area is 73.5 Å². The maximum atomic E-state index is 10.5. The van der Waals surface area contributed by atoms with Crippen LogP contribution in [0.1, 0.15) is 6.42 Å². The van der Waals surface area contributed by atoms with Crippen LogP contribution in [0.15, 0.2) is 0 Å². The Morgan fingerprint density at radius 1 is 1.31 bits per heavy atom. The molecule has 0 saturated carbocycles. The fraction of sp³-hybridized carbons (Fsp3) is 0.500. The molecule has 0 rings (SSSR count). The molecule has 0 bridgehead atoms. The molecule has 5 N–H and O–H groups in total. The molecule has 0 aliphatic carbocycles. The minimum atomic E-state index is -1.72. The van der Waals surface area contributed by atoms with Gasteiger partial charge in [-0.2, -0.15) is 0 Å². The van der Waals surface area contributed by atoms with Crippen LogP contribution in [0.5, 0.6) is 0 Å². The van der Waals surface area contributed by atoms with E-state index in [0.29, 0.717) is 0 Å². The molecule has 0 aromatic rings. The molecular weight excluding hydrogens is 180 g/mol. The second kappa shape index (κ2) is 5.09. The Balaban J connectivity index is 4.17. The van der Waals surface area contributed by atoms with E-state index in [1.165, 1.54) is 0 Å². The van der Waals surface area contributed by atoms with Crippen LogP contribution in [0.3, 0.4) is 0 Å². The maximum Gasteiger partial charge on any atom is 0.394 e. The lowest BCUT2D eigenvalue weighted by atomic mass is 10.2. The highest BCUT2D eigenvalue weighted by Crippen LogP contribution is 1.89. The zero-order valence-corrected chi connectivity index (χ0v) is 6.69. The molecule has 1 atom stereocenters. The molecule has 0 aromatic carbocycles. The third-order valence-electron chi connectivity index (χ3n) is 1.25. The SMILES string of the molecule is NCC[C@@H](NC(=O)C(=O)O)C(=O)O. The van der Waals surface area contributed by atoms with Gasteiger partial charge in [-0.3, -0.25) is 4.79 Å². The molecular formula is C6H10N2O5. The summed E-state index contributed by atoms with van der Waals surface area (Å²) in [4.78, 5) is 30.9. The lowest BCUT2D eigenvalue weighted by Crippen LogP contribution is -2.44. The summed E-state index contributed by atoms with van der Waals surface area (Å²) in [6.45, 7) is 0.0524. The number of carbonyl (C=O) groups is 3. The normalized spacial score (nSPS) is 11.8. The van der Waals surface area contributed by atoms with E-state index >= 15 is 0 Å². The van der Waals surface area contributed by atoms with Crippen molar-refractivity contribution in [3.05, 3.63) is 0 Å². The molecule has 74 valence electrons. The Bertz CT molecular complexity index is 227. The summed E-state index contributed by atoms with van der Waals surface area (Å²) in [5, 5.41) is 18.4. The van der Waals surface area contributed by atoms with E-state index in [1.807, 2.05) is 0 Å². The summed E-state index contributed by atoms with van der Waals surface area (Å²) in [7, 11) is 0. The molecule has 7 heteroatoms. The van der Waals surface area contributed by atoms with Crippen LogP contribution >= 0.6 is 0 Å². The fourth-order valence-electron chi connectivity index (χ4n) is 0.644. The summed E-state index contributed by atoms with van der Waals surface area (Å²) in [6, 6.07) is -1.24. The molecule has 0 spiro atoms. The van der Waals surface area contributed by atoms with Crippen molar-refractivity contribution in [2.75, 3.05) is 6.54 Å². The topological polar surface area (TPSA) is 130 Å². The van der Waals surface area contributed by atoms with Crippen molar-refractivity contribution in [3.8, 4) is 0 Å². The van der Waals surface area contributed by atoms with E-state index in [4.69, 9.17) is 15.9 Å². The summed E-state index contributed by atoms with van der Waals surface area (Å²) in [6.07, 6.45) is -0.00560. The number of nitrogens with one attached hydrogen (secondary N) is 1. The first-order valence-corrected chi connectivity index (χ1v) is 3.45. The highest BCUT2D eigenvalue weighted by atomic mass is 16.4. The van der Waals surface area contributed by atoms with Crippen LogP contribution in [0.4, 0.5) is 0 Å². The highest BCUT2D eigenvalue weighted by Gasteiger charge is 2.22. The second-order valence-corrected chi connectivity index (χ2v) is 2.25. The largest absolute Gasteiger partial charge is 0.480 e. The van der Waals surface area contributed by atoms with Crippen LogP contribution in [0.25, 0.3) is 0 Å². The lowest BCUT2D eigenvalue weighted by Gasteiger charge is -2.10. The van der Waals surface area contributed by atoms with Crippen molar-refractivity contribution in [2.45, 2.75) is 12.5 Å². The average molecular weight is 190 g/mol. The van der Waals surface area contributed by atoms with Crippen molar-refractivity contribution < 1.29 is 24.6 Å².